The monoisotopic (exact) mass is 144 g/mol. The van der Waals surface area contributed by atoms with Gasteiger partial charge < -0.3 is 5.11 Å². The minimum absolute atomic E-state index is 0.931. The van der Waals surface area contributed by atoms with Gasteiger partial charge in [-0.15, -0.1) is 0 Å². The van der Waals surface area contributed by atoms with Gasteiger partial charge in [-0.05, 0) is 0 Å². The maximum Gasteiger partial charge on any atom is 0.424 e. The molecule has 0 rings (SSSR count). The molecule has 8 heavy (non-hydrogen) atoms. The van der Waals surface area contributed by atoms with Crippen molar-refractivity contribution in [2.45, 2.75) is 0 Å². The van der Waals surface area contributed by atoms with Gasteiger partial charge in [-0.25, -0.2) is 0 Å². The summed E-state index contributed by atoms with van der Waals surface area (Å²) in [5.41, 5.74) is 0. The molecule has 0 aliphatic carbocycles. The van der Waals surface area contributed by atoms with Crippen molar-refractivity contribution in [1.29, 1.82) is 0 Å². The highest BCUT2D eigenvalue weighted by molar-refractivity contribution is 7.80. The zero-order valence-electron chi connectivity index (χ0n) is 3.64. The summed E-state index contributed by atoms with van der Waals surface area (Å²) in [5.74, 6) is 0. The number of hydrogen-bond acceptors (Lipinski definition) is 5. The zero-order valence-corrected chi connectivity index (χ0v) is 4.46. The van der Waals surface area contributed by atoms with Crippen LogP contribution in [0.25, 0.3) is 0 Å². The van der Waals surface area contributed by atoms with E-state index in [9.17, 15) is 8.42 Å². The highest BCUT2D eigenvalue weighted by Gasteiger charge is 2.02. The van der Waals surface area contributed by atoms with E-state index >= 15 is 0 Å². The molecule has 0 aliphatic heterocycles. The summed E-state index contributed by atoms with van der Waals surface area (Å²) in [6.45, 7) is -0.931. The van der Waals surface area contributed by atoms with Crippen LogP contribution in [0.2, 0.25) is 0 Å². The molecule has 0 aromatic rings. The second kappa shape index (κ2) is 2.95. The van der Waals surface area contributed by atoms with E-state index in [4.69, 9.17) is 9.66 Å². The summed E-state index contributed by atoms with van der Waals surface area (Å²) < 4.78 is 29.8. The molecule has 0 saturated carbocycles. The quantitative estimate of drug-likeness (QED) is 0.221. The molecule has 0 unspecified atom stereocenters. The van der Waals surface area contributed by atoms with Crippen molar-refractivity contribution < 1.29 is 27.3 Å². The Hall–Kier alpha value is -0.210. The standard InChI is InChI=1S/CH4O6S/c2-1-6-7-8(3,4)5/h2H,1H2,(H,3,4,5). The Labute approximate surface area is 45.5 Å². The SMILES string of the molecule is O=S(=O)(O)OOCO. The van der Waals surface area contributed by atoms with Crippen molar-refractivity contribution in [3.63, 3.8) is 0 Å². The molecule has 0 aromatic carbocycles. The Morgan fingerprint density at radius 2 is 2.00 bits per heavy atom. The Morgan fingerprint density at radius 1 is 1.50 bits per heavy atom. The molecular formula is CH4O6S. The minimum atomic E-state index is -4.57. The topological polar surface area (TPSA) is 93.1 Å². The number of hydrogen-bond donors (Lipinski definition) is 2. The van der Waals surface area contributed by atoms with Gasteiger partial charge in [-0.1, -0.05) is 4.33 Å². The largest absolute Gasteiger partial charge is 0.424 e. The summed E-state index contributed by atoms with van der Waals surface area (Å²) >= 11 is 0. The smallest absolute Gasteiger partial charge is 0.368 e. The van der Waals surface area contributed by atoms with Crippen LogP contribution in [-0.4, -0.2) is 24.9 Å². The van der Waals surface area contributed by atoms with Gasteiger partial charge in [0.2, 0.25) is 0 Å². The second-order valence-electron chi connectivity index (χ2n) is 0.743. The average Bonchev–Trinajstić information content (AvgIpc) is 1.59. The summed E-state index contributed by atoms with van der Waals surface area (Å²) in [6.07, 6.45) is 0. The fourth-order valence-corrected chi connectivity index (χ4v) is 0.247. The molecule has 0 amide bonds. The predicted octanol–water partition coefficient (Wildman–Crippen LogP) is -1.31. The molecule has 0 heterocycles. The van der Waals surface area contributed by atoms with Crippen LogP contribution in [0.15, 0.2) is 0 Å². The average molecular weight is 144 g/mol. The lowest BCUT2D eigenvalue weighted by molar-refractivity contribution is -0.254. The lowest BCUT2D eigenvalue weighted by Gasteiger charge is -1.91. The van der Waals surface area contributed by atoms with Gasteiger partial charge in [-0.3, -0.25) is 4.55 Å². The van der Waals surface area contributed by atoms with Gasteiger partial charge in [0, 0.05) is 0 Å². The Morgan fingerprint density at radius 3 is 2.12 bits per heavy atom. The third kappa shape index (κ3) is 5.79. The van der Waals surface area contributed by atoms with Crippen molar-refractivity contribution in [2.75, 3.05) is 6.79 Å². The molecular weight excluding hydrogens is 140 g/mol. The predicted molar refractivity (Wildman–Crippen MR) is 20.8 cm³/mol. The van der Waals surface area contributed by atoms with Gasteiger partial charge in [0.05, 0.1) is 0 Å². The molecule has 6 nitrogen and oxygen atoms in total. The molecule has 0 radical (unpaired) electrons. The molecule has 0 aromatic heterocycles. The maximum absolute atomic E-state index is 9.49. The lowest BCUT2D eigenvalue weighted by atomic mass is 11.5. The molecule has 0 bridgehead atoms. The van der Waals surface area contributed by atoms with Gasteiger partial charge >= 0.3 is 10.4 Å². The summed E-state index contributed by atoms with van der Waals surface area (Å²) in [5, 5.41) is 7.71. The highest BCUT2D eigenvalue weighted by Crippen LogP contribution is 1.84. The van der Waals surface area contributed by atoms with Crippen molar-refractivity contribution in [1.82, 2.24) is 0 Å². The second-order valence-corrected chi connectivity index (χ2v) is 1.73. The summed E-state index contributed by atoms with van der Waals surface area (Å²) in [7, 11) is -4.57. The van der Waals surface area contributed by atoms with E-state index in [1.807, 2.05) is 0 Å². The van der Waals surface area contributed by atoms with Crippen LogP contribution >= 0.6 is 0 Å². The number of rotatable bonds is 3. The van der Waals surface area contributed by atoms with Crippen molar-refractivity contribution in [2.24, 2.45) is 0 Å². The van der Waals surface area contributed by atoms with E-state index in [-0.39, 0.29) is 0 Å². The van der Waals surface area contributed by atoms with Gasteiger partial charge in [0.25, 0.3) is 0 Å². The molecule has 50 valence electrons. The van der Waals surface area contributed by atoms with Gasteiger partial charge in [0.15, 0.2) is 6.79 Å². The molecule has 0 saturated heterocycles. The third-order valence-electron chi connectivity index (χ3n) is 0.187. The number of aliphatic hydroxyl groups is 1. The first-order valence-electron chi connectivity index (χ1n) is 1.45. The highest BCUT2D eigenvalue weighted by atomic mass is 32.3. The van der Waals surface area contributed by atoms with Crippen LogP contribution in [0.3, 0.4) is 0 Å². The van der Waals surface area contributed by atoms with E-state index in [1.54, 1.807) is 0 Å². The third-order valence-corrected chi connectivity index (χ3v) is 0.455. The van der Waals surface area contributed by atoms with Crippen molar-refractivity contribution >= 4 is 10.4 Å². The van der Waals surface area contributed by atoms with Crippen LogP contribution in [0.5, 0.6) is 0 Å². The Balaban J connectivity index is 3.42. The first-order valence-corrected chi connectivity index (χ1v) is 2.82. The van der Waals surface area contributed by atoms with E-state index < -0.39 is 17.2 Å². The van der Waals surface area contributed by atoms with E-state index in [0.29, 0.717) is 0 Å². The lowest BCUT2D eigenvalue weighted by Crippen LogP contribution is -2.04. The molecule has 0 fully saturated rings. The number of aliphatic hydroxyl groups excluding tert-OH is 1. The maximum atomic E-state index is 9.49. The normalized spacial score (nSPS) is 11.8. The fraction of sp³-hybridized carbons (Fsp3) is 1.00. The van der Waals surface area contributed by atoms with Crippen LogP contribution in [0.4, 0.5) is 0 Å². The zero-order chi connectivity index (χ0) is 6.62. The summed E-state index contributed by atoms with van der Waals surface area (Å²) in [4.78, 5) is 3.42. The van der Waals surface area contributed by atoms with E-state index in [2.05, 4.69) is 9.22 Å². The van der Waals surface area contributed by atoms with Gasteiger partial charge in [-0.2, -0.15) is 13.3 Å². The fourth-order valence-electron chi connectivity index (χ4n) is 0.0823. The Kier molecular flexibility index (Phi) is 2.87. The molecule has 2 N–H and O–H groups in total. The first-order chi connectivity index (χ1) is 3.56. The van der Waals surface area contributed by atoms with Gasteiger partial charge in [0.1, 0.15) is 0 Å². The molecule has 0 atom stereocenters. The van der Waals surface area contributed by atoms with Crippen molar-refractivity contribution in [3.05, 3.63) is 0 Å². The summed E-state index contributed by atoms with van der Waals surface area (Å²) in [6, 6.07) is 0. The minimum Gasteiger partial charge on any atom is -0.368 e. The van der Waals surface area contributed by atoms with Crippen LogP contribution < -0.4 is 0 Å². The molecule has 0 spiro atoms. The van der Waals surface area contributed by atoms with Crippen LogP contribution in [-0.2, 0) is 19.6 Å². The molecule has 0 aliphatic rings. The van der Waals surface area contributed by atoms with E-state index in [0.717, 1.165) is 0 Å². The molecule has 7 heteroatoms. The Bertz CT molecular complexity index is 133. The first kappa shape index (κ1) is 7.79. The van der Waals surface area contributed by atoms with E-state index in [1.165, 1.54) is 0 Å². The van der Waals surface area contributed by atoms with Crippen molar-refractivity contribution in [3.8, 4) is 0 Å². The van der Waals surface area contributed by atoms with Crippen LogP contribution in [0.1, 0.15) is 0 Å². The van der Waals surface area contributed by atoms with Crippen LogP contribution in [0, 0.1) is 0 Å².